The van der Waals surface area contributed by atoms with Gasteiger partial charge in [-0.3, -0.25) is 14.9 Å². The number of pyridine rings is 1. The average molecular weight is 382 g/mol. The SMILES string of the molecule is O=C(NC1CCCN(c2cc(-c3ccc(Cl)cc3)[nH]n2)C1)c1cccnc1. The molecular weight excluding hydrogens is 362 g/mol. The van der Waals surface area contributed by atoms with E-state index >= 15 is 0 Å². The molecule has 3 aromatic rings. The van der Waals surface area contributed by atoms with Crippen LogP contribution in [0.15, 0.2) is 54.9 Å². The van der Waals surface area contributed by atoms with Crippen molar-refractivity contribution in [3.8, 4) is 11.3 Å². The van der Waals surface area contributed by atoms with Gasteiger partial charge in [-0.2, -0.15) is 5.10 Å². The maximum atomic E-state index is 12.4. The van der Waals surface area contributed by atoms with Crippen LogP contribution < -0.4 is 10.2 Å². The molecule has 1 aliphatic heterocycles. The summed E-state index contributed by atoms with van der Waals surface area (Å²) < 4.78 is 0. The van der Waals surface area contributed by atoms with Gasteiger partial charge >= 0.3 is 0 Å². The molecule has 2 aromatic heterocycles. The van der Waals surface area contributed by atoms with Gasteiger partial charge in [0, 0.05) is 42.6 Å². The van der Waals surface area contributed by atoms with Crippen LogP contribution in [-0.4, -0.2) is 40.2 Å². The fourth-order valence-corrected chi connectivity index (χ4v) is 3.45. The van der Waals surface area contributed by atoms with Crippen molar-refractivity contribution in [1.29, 1.82) is 0 Å². The van der Waals surface area contributed by atoms with E-state index in [9.17, 15) is 4.79 Å². The highest BCUT2D eigenvalue weighted by Crippen LogP contribution is 2.25. The van der Waals surface area contributed by atoms with E-state index in [1.54, 1.807) is 24.5 Å². The van der Waals surface area contributed by atoms with Crippen LogP contribution in [0.5, 0.6) is 0 Å². The first kappa shape index (κ1) is 17.5. The number of piperidine rings is 1. The number of nitrogens with zero attached hydrogens (tertiary/aromatic N) is 3. The predicted octanol–water partition coefficient (Wildman–Crippen LogP) is 3.52. The largest absolute Gasteiger partial charge is 0.353 e. The van der Waals surface area contributed by atoms with Crippen molar-refractivity contribution in [2.75, 3.05) is 18.0 Å². The van der Waals surface area contributed by atoms with Gasteiger partial charge in [0.15, 0.2) is 5.82 Å². The number of nitrogens with one attached hydrogen (secondary N) is 2. The summed E-state index contributed by atoms with van der Waals surface area (Å²) in [5, 5.41) is 11.4. The van der Waals surface area contributed by atoms with Gasteiger partial charge < -0.3 is 10.2 Å². The van der Waals surface area contributed by atoms with Gasteiger partial charge in [-0.05, 0) is 42.7 Å². The van der Waals surface area contributed by atoms with Crippen LogP contribution in [0.25, 0.3) is 11.3 Å². The van der Waals surface area contributed by atoms with E-state index in [0.717, 1.165) is 43.0 Å². The molecule has 0 aliphatic carbocycles. The van der Waals surface area contributed by atoms with E-state index in [1.165, 1.54) is 0 Å². The molecule has 2 N–H and O–H groups in total. The summed E-state index contributed by atoms with van der Waals surface area (Å²) >= 11 is 5.96. The second-order valence-electron chi connectivity index (χ2n) is 6.65. The van der Waals surface area contributed by atoms with Gasteiger partial charge in [-0.15, -0.1) is 0 Å². The van der Waals surface area contributed by atoms with Crippen LogP contribution in [0.4, 0.5) is 5.82 Å². The Hall–Kier alpha value is -2.86. The van der Waals surface area contributed by atoms with Crippen LogP contribution in [-0.2, 0) is 0 Å². The second-order valence-corrected chi connectivity index (χ2v) is 7.08. The molecular formula is C20H20ClN5O. The number of aromatic amines is 1. The number of carbonyl (C=O) groups excluding carboxylic acids is 1. The predicted molar refractivity (Wildman–Crippen MR) is 106 cm³/mol. The lowest BCUT2D eigenvalue weighted by Gasteiger charge is -2.33. The third-order valence-electron chi connectivity index (χ3n) is 4.72. The Morgan fingerprint density at radius 2 is 2.11 bits per heavy atom. The molecule has 0 saturated carbocycles. The molecule has 0 radical (unpaired) electrons. The summed E-state index contributed by atoms with van der Waals surface area (Å²) in [4.78, 5) is 18.6. The number of amides is 1. The summed E-state index contributed by atoms with van der Waals surface area (Å²) in [6.45, 7) is 1.65. The average Bonchev–Trinajstić information content (AvgIpc) is 3.20. The van der Waals surface area contributed by atoms with E-state index in [-0.39, 0.29) is 11.9 Å². The van der Waals surface area contributed by atoms with Crippen LogP contribution in [0.1, 0.15) is 23.2 Å². The molecule has 7 heteroatoms. The Morgan fingerprint density at radius 3 is 2.89 bits per heavy atom. The minimum atomic E-state index is -0.0844. The van der Waals surface area contributed by atoms with Gasteiger partial charge in [0.2, 0.25) is 0 Å². The Morgan fingerprint density at radius 1 is 1.26 bits per heavy atom. The number of rotatable bonds is 4. The molecule has 1 unspecified atom stereocenters. The molecule has 0 spiro atoms. The molecule has 1 amide bonds. The summed E-state index contributed by atoms with van der Waals surface area (Å²) in [6, 6.07) is 13.3. The number of H-pyrrole nitrogens is 1. The van der Waals surface area contributed by atoms with Gasteiger partial charge in [0.1, 0.15) is 0 Å². The molecule has 4 rings (SSSR count). The highest BCUT2D eigenvalue weighted by molar-refractivity contribution is 6.30. The molecule has 1 fully saturated rings. The molecule has 1 saturated heterocycles. The van der Waals surface area contributed by atoms with E-state index < -0.39 is 0 Å². The van der Waals surface area contributed by atoms with E-state index in [1.807, 2.05) is 30.3 Å². The molecule has 138 valence electrons. The van der Waals surface area contributed by atoms with Crippen LogP contribution in [0.2, 0.25) is 5.02 Å². The van der Waals surface area contributed by atoms with Crippen molar-refractivity contribution in [2.45, 2.75) is 18.9 Å². The summed E-state index contributed by atoms with van der Waals surface area (Å²) in [5.41, 5.74) is 2.57. The van der Waals surface area contributed by atoms with Crippen molar-refractivity contribution >= 4 is 23.3 Å². The third kappa shape index (κ3) is 4.11. The Balaban J connectivity index is 1.42. The molecule has 6 nitrogen and oxygen atoms in total. The van der Waals surface area contributed by atoms with Crippen molar-refractivity contribution in [3.05, 3.63) is 65.4 Å². The zero-order valence-electron chi connectivity index (χ0n) is 14.7. The van der Waals surface area contributed by atoms with Crippen LogP contribution in [0, 0.1) is 0 Å². The lowest BCUT2D eigenvalue weighted by Crippen LogP contribution is -2.48. The minimum absolute atomic E-state index is 0.0844. The van der Waals surface area contributed by atoms with Gasteiger partial charge in [-0.25, -0.2) is 0 Å². The van der Waals surface area contributed by atoms with Gasteiger partial charge in [0.25, 0.3) is 5.91 Å². The van der Waals surface area contributed by atoms with Crippen molar-refractivity contribution in [1.82, 2.24) is 20.5 Å². The standard InChI is InChI=1S/C20H20ClN5O/c21-16-7-5-14(6-8-16)18-11-19(25-24-18)26-10-2-4-17(13-26)23-20(27)15-3-1-9-22-12-15/h1,3,5-9,11-12,17H,2,4,10,13H2,(H,23,27)(H,24,25). The van der Waals surface area contributed by atoms with Crippen molar-refractivity contribution < 1.29 is 4.79 Å². The molecule has 1 aliphatic rings. The van der Waals surface area contributed by atoms with Gasteiger partial charge in [0.05, 0.1) is 11.3 Å². The monoisotopic (exact) mass is 381 g/mol. The number of aromatic nitrogens is 3. The Kier molecular flexibility index (Phi) is 5.07. The fourth-order valence-electron chi connectivity index (χ4n) is 3.32. The topological polar surface area (TPSA) is 73.9 Å². The number of hydrogen-bond acceptors (Lipinski definition) is 4. The molecule has 1 aromatic carbocycles. The summed E-state index contributed by atoms with van der Waals surface area (Å²) in [7, 11) is 0. The first-order valence-electron chi connectivity index (χ1n) is 8.96. The zero-order valence-corrected chi connectivity index (χ0v) is 15.5. The molecule has 1 atom stereocenters. The number of anilines is 1. The zero-order chi connectivity index (χ0) is 18.6. The van der Waals surface area contributed by atoms with Crippen LogP contribution in [0.3, 0.4) is 0 Å². The number of carbonyl (C=O) groups is 1. The molecule has 27 heavy (non-hydrogen) atoms. The Bertz CT molecular complexity index is 910. The normalized spacial score (nSPS) is 16.9. The maximum Gasteiger partial charge on any atom is 0.253 e. The van der Waals surface area contributed by atoms with Gasteiger partial charge in [-0.1, -0.05) is 23.7 Å². The Labute approximate surface area is 162 Å². The van der Waals surface area contributed by atoms with E-state index in [4.69, 9.17) is 11.6 Å². The van der Waals surface area contributed by atoms with E-state index in [0.29, 0.717) is 10.6 Å². The smallest absolute Gasteiger partial charge is 0.253 e. The highest BCUT2D eigenvalue weighted by Gasteiger charge is 2.23. The first-order valence-corrected chi connectivity index (χ1v) is 9.34. The maximum absolute atomic E-state index is 12.4. The lowest BCUT2D eigenvalue weighted by molar-refractivity contribution is 0.0932. The number of benzene rings is 1. The lowest BCUT2D eigenvalue weighted by atomic mass is 10.0. The fraction of sp³-hybridized carbons (Fsp3) is 0.250. The quantitative estimate of drug-likeness (QED) is 0.725. The summed E-state index contributed by atoms with van der Waals surface area (Å²) in [5.74, 6) is 0.805. The second kappa shape index (κ2) is 7.80. The first-order chi connectivity index (χ1) is 13.2. The number of hydrogen-bond donors (Lipinski definition) is 2. The molecule has 3 heterocycles. The van der Waals surface area contributed by atoms with E-state index in [2.05, 4.69) is 25.4 Å². The number of halogens is 1. The minimum Gasteiger partial charge on any atom is -0.353 e. The van der Waals surface area contributed by atoms with Crippen molar-refractivity contribution in [3.63, 3.8) is 0 Å². The molecule has 0 bridgehead atoms. The van der Waals surface area contributed by atoms with Crippen molar-refractivity contribution in [2.24, 2.45) is 0 Å². The third-order valence-corrected chi connectivity index (χ3v) is 4.98. The highest BCUT2D eigenvalue weighted by atomic mass is 35.5. The van der Waals surface area contributed by atoms with Crippen LogP contribution >= 0.6 is 11.6 Å². The summed E-state index contributed by atoms with van der Waals surface area (Å²) in [6.07, 6.45) is 5.20.